The van der Waals surface area contributed by atoms with Crippen LogP contribution in [0.3, 0.4) is 0 Å². The summed E-state index contributed by atoms with van der Waals surface area (Å²) in [4.78, 5) is 14.6. The van der Waals surface area contributed by atoms with E-state index in [4.69, 9.17) is 27.9 Å². The monoisotopic (exact) mass is 414 g/mol. The molecule has 3 aromatic rings. The van der Waals surface area contributed by atoms with Crippen LogP contribution in [0.15, 0.2) is 65.7 Å². The summed E-state index contributed by atoms with van der Waals surface area (Å²) in [7, 11) is 0. The highest BCUT2D eigenvalue weighted by Crippen LogP contribution is 2.27. The van der Waals surface area contributed by atoms with Crippen molar-refractivity contribution < 1.29 is 9.66 Å². The summed E-state index contributed by atoms with van der Waals surface area (Å²) in [6.45, 7) is 2.19. The molecule has 0 atom stereocenters. The molecule has 0 saturated carbocycles. The summed E-state index contributed by atoms with van der Waals surface area (Å²) in [6.07, 6.45) is 1.70. The Hall–Kier alpha value is -2.89. The fourth-order valence-electron chi connectivity index (χ4n) is 2.40. The lowest BCUT2D eigenvalue weighted by Gasteiger charge is -2.08. The van der Waals surface area contributed by atoms with Gasteiger partial charge < -0.3 is 4.74 Å². The van der Waals surface area contributed by atoms with Gasteiger partial charge in [-0.3, -0.25) is 15.1 Å². The fourth-order valence-corrected chi connectivity index (χ4v) is 2.82. The molecule has 5 nitrogen and oxygen atoms in total. The Bertz CT molecular complexity index is 1030. The lowest BCUT2D eigenvalue weighted by molar-refractivity contribution is -0.384. The van der Waals surface area contributed by atoms with Gasteiger partial charge in [-0.05, 0) is 66.1 Å². The van der Waals surface area contributed by atoms with Crippen LogP contribution in [0.5, 0.6) is 5.75 Å². The summed E-state index contributed by atoms with van der Waals surface area (Å²) in [6, 6.07) is 17.2. The van der Waals surface area contributed by atoms with Crippen LogP contribution < -0.4 is 4.74 Å². The minimum Gasteiger partial charge on any atom is -0.487 e. The molecule has 7 heteroatoms. The highest BCUT2D eigenvalue weighted by molar-refractivity contribution is 6.32. The predicted octanol–water partition coefficient (Wildman–Crippen LogP) is 6.54. The number of hydrogen-bond donors (Lipinski definition) is 0. The topological polar surface area (TPSA) is 64.7 Å². The van der Waals surface area contributed by atoms with Gasteiger partial charge in [-0.25, -0.2) is 0 Å². The van der Waals surface area contributed by atoms with Crippen molar-refractivity contribution in [3.05, 3.63) is 97.5 Å². The largest absolute Gasteiger partial charge is 0.487 e. The Morgan fingerprint density at radius 2 is 1.79 bits per heavy atom. The predicted molar refractivity (Wildman–Crippen MR) is 112 cm³/mol. The molecule has 0 N–H and O–H groups in total. The van der Waals surface area contributed by atoms with Crippen LogP contribution in [0.1, 0.15) is 16.7 Å². The van der Waals surface area contributed by atoms with Crippen LogP contribution in [0, 0.1) is 17.0 Å². The Morgan fingerprint density at radius 1 is 1.04 bits per heavy atom. The maximum Gasteiger partial charge on any atom is 0.269 e. The van der Waals surface area contributed by atoms with Crippen molar-refractivity contribution in [2.75, 3.05) is 0 Å². The van der Waals surface area contributed by atoms with E-state index >= 15 is 0 Å². The van der Waals surface area contributed by atoms with Crippen LogP contribution in [-0.4, -0.2) is 11.1 Å². The van der Waals surface area contributed by atoms with E-state index in [2.05, 4.69) is 4.99 Å². The molecular formula is C21H16Cl2N2O3. The van der Waals surface area contributed by atoms with Gasteiger partial charge in [-0.2, -0.15) is 0 Å². The normalized spacial score (nSPS) is 11.0. The van der Waals surface area contributed by atoms with Crippen molar-refractivity contribution in [2.45, 2.75) is 13.5 Å². The molecule has 0 fully saturated rings. The van der Waals surface area contributed by atoms with Crippen LogP contribution in [0.25, 0.3) is 0 Å². The summed E-state index contributed by atoms with van der Waals surface area (Å²) >= 11 is 12.4. The second-order valence-corrected chi connectivity index (χ2v) is 6.91. The number of aryl methyl sites for hydroxylation is 1. The molecule has 0 aliphatic rings. The zero-order valence-electron chi connectivity index (χ0n) is 14.9. The number of nitrogens with zero attached hydrogens (tertiary/aromatic N) is 2. The van der Waals surface area contributed by atoms with E-state index in [1.807, 2.05) is 25.1 Å². The summed E-state index contributed by atoms with van der Waals surface area (Å²) < 4.78 is 5.71. The van der Waals surface area contributed by atoms with Crippen molar-refractivity contribution in [1.82, 2.24) is 0 Å². The second kappa shape index (κ2) is 8.87. The summed E-state index contributed by atoms with van der Waals surface area (Å²) in [5.74, 6) is 0.524. The Balaban J connectivity index is 1.65. The third-order valence-electron chi connectivity index (χ3n) is 4.02. The number of nitro benzene ring substituents is 1. The molecular weight excluding hydrogens is 399 g/mol. The zero-order chi connectivity index (χ0) is 20.1. The molecule has 28 heavy (non-hydrogen) atoms. The quantitative estimate of drug-likeness (QED) is 0.261. The van der Waals surface area contributed by atoms with E-state index in [1.165, 1.54) is 12.1 Å². The van der Waals surface area contributed by atoms with Crippen LogP contribution in [0.4, 0.5) is 11.4 Å². The van der Waals surface area contributed by atoms with Crippen LogP contribution >= 0.6 is 23.2 Å². The van der Waals surface area contributed by atoms with Gasteiger partial charge in [0.2, 0.25) is 0 Å². The van der Waals surface area contributed by atoms with Gasteiger partial charge in [-0.15, -0.1) is 0 Å². The molecule has 0 saturated heterocycles. The Kier molecular flexibility index (Phi) is 6.29. The lowest BCUT2D eigenvalue weighted by atomic mass is 10.2. The van der Waals surface area contributed by atoms with E-state index in [0.717, 1.165) is 22.4 Å². The third kappa shape index (κ3) is 5.09. The van der Waals surface area contributed by atoms with E-state index < -0.39 is 4.92 Å². The smallest absolute Gasteiger partial charge is 0.269 e. The molecule has 0 amide bonds. The molecule has 0 heterocycles. The lowest BCUT2D eigenvalue weighted by Crippen LogP contribution is -1.97. The number of nitro groups is 1. The average molecular weight is 415 g/mol. The molecule has 0 spiro atoms. The van der Waals surface area contributed by atoms with Gasteiger partial charge in [0.15, 0.2) is 0 Å². The van der Waals surface area contributed by atoms with Gasteiger partial charge >= 0.3 is 0 Å². The maximum atomic E-state index is 10.7. The van der Waals surface area contributed by atoms with E-state index in [9.17, 15) is 10.1 Å². The number of non-ortho nitro benzene ring substituents is 1. The fraction of sp³-hybridized carbons (Fsp3) is 0.0952. The minimum absolute atomic E-state index is 0.0419. The molecule has 142 valence electrons. The molecule has 0 radical (unpaired) electrons. The van der Waals surface area contributed by atoms with Gasteiger partial charge in [-0.1, -0.05) is 29.3 Å². The van der Waals surface area contributed by atoms with Crippen molar-refractivity contribution in [3.63, 3.8) is 0 Å². The van der Waals surface area contributed by atoms with Gasteiger partial charge in [0.1, 0.15) is 12.4 Å². The number of hydrogen-bond acceptors (Lipinski definition) is 4. The highest BCUT2D eigenvalue weighted by atomic mass is 35.5. The van der Waals surface area contributed by atoms with Gasteiger partial charge in [0.25, 0.3) is 5.69 Å². The number of benzene rings is 3. The van der Waals surface area contributed by atoms with E-state index in [-0.39, 0.29) is 12.3 Å². The van der Waals surface area contributed by atoms with E-state index in [1.54, 1.807) is 36.5 Å². The molecule has 3 aromatic carbocycles. The average Bonchev–Trinajstić information content (AvgIpc) is 2.68. The SMILES string of the molecule is Cc1ccc(N=Cc2ccc(OCc3ccc([N+](=O)[O-])cc3)c(Cl)c2)cc1Cl. The number of rotatable bonds is 6. The molecule has 3 rings (SSSR count). The van der Waals surface area contributed by atoms with E-state index in [0.29, 0.717) is 15.8 Å². The first-order chi connectivity index (χ1) is 13.4. The van der Waals surface area contributed by atoms with Crippen LogP contribution in [-0.2, 0) is 6.61 Å². The van der Waals surface area contributed by atoms with Crippen molar-refractivity contribution in [1.29, 1.82) is 0 Å². The summed E-state index contributed by atoms with van der Waals surface area (Å²) in [5.41, 5.74) is 3.43. The first-order valence-electron chi connectivity index (χ1n) is 8.38. The third-order valence-corrected chi connectivity index (χ3v) is 4.72. The Morgan fingerprint density at radius 3 is 2.43 bits per heavy atom. The summed E-state index contributed by atoms with van der Waals surface area (Å²) in [5, 5.41) is 11.8. The van der Waals surface area contributed by atoms with Gasteiger partial charge in [0.05, 0.1) is 15.6 Å². The first-order valence-corrected chi connectivity index (χ1v) is 9.14. The van der Waals surface area contributed by atoms with Gasteiger partial charge in [0, 0.05) is 23.4 Å². The number of aliphatic imine (C=N–C) groups is 1. The van der Waals surface area contributed by atoms with Crippen molar-refractivity contribution in [2.24, 2.45) is 4.99 Å². The van der Waals surface area contributed by atoms with Crippen molar-refractivity contribution >= 4 is 40.8 Å². The Labute approximate surface area is 172 Å². The first kappa shape index (κ1) is 19.9. The zero-order valence-corrected chi connectivity index (χ0v) is 16.4. The van der Waals surface area contributed by atoms with Crippen LogP contribution in [0.2, 0.25) is 10.0 Å². The molecule has 0 aliphatic heterocycles. The standard InChI is InChI=1S/C21H16Cl2N2O3/c1-14-2-6-17(11-19(14)22)24-12-16-5-9-21(20(23)10-16)28-13-15-3-7-18(8-4-15)25(26)27/h2-12H,13H2,1H3. The highest BCUT2D eigenvalue weighted by Gasteiger charge is 2.06. The maximum absolute atomic E-state index is 10.7. The molecule has 0 bridgehead atoms. The second-order valence-electron chi connectivity index (χ2n) is 6.09. The molecule has 0 unspecified atom stereocenters. The number of halogens is 2. The molecule has 0 aliphatic carbocycles. The molecule has 0 aromatic heterocycles. The van der Waals surface area contributed by atoms with Crippen molar-refractivity contribution in [3.8, 4) is 5.75 Å². The number of ether oxygens (including phenoxy) is 1. The minimum atomic E-state index is -0.438.